The molecule has 0 amide bonds. The molecule has 2 N–H and O–H groups in total. The molecule has 0 saturated carbocycles. The Labute approximate surface area is 88.6 Å². The molecule has 0 spiro atoms. The van der Waals surface area contributed by atoms with Crippen molar-refractivity contribution >= 4 is 15.7 Å². The van der Waals surface area contributed by atoms with Gasteiger partial charge in [0.05, 0.1) is 11.4 Å². The van der Waals surface area contributed by atoms with Crippen LogP contribution in [-0.4, -0.2) is 24.4 Å². The molecular formula is C9H13N3O2S. The van der Waals surface area contributed by atoms with E-state index in [1.165, 1.54) is 0 Å². The lowest BCUT2D eigenvalue weighted by Crippen LogP contribution is -2.22. The van der Waals surface area contributed by atoms with E-state index in [0.717, 1.165) is 12.8 Å². The van der Waals surface area contributed by atoms with Crippen LogP contribution in [0.3, 0.4) is 0 Å². The number of sulfone groups is 1. The number of anilines is 1. The summed E-state index contributed by atoms with van der Waals surface area (Å²) in [4.78, 5) is 0. The van der Waals surface area contributed by atoms with Gasteiger partial charge in [-0.15, -0.1) is 5.10 Å². The van der Waals surface area contributed by atoms with Crippen molar-refractivity contribution in [1.82, 2.24) is 10.2 Å². The van der Waals surface area contributed by atoms with Gasteiger partial charge in [-0.3, -0.25) is 0 Å². The third kappa shape index (κ3) is 2.09. The third-order valence-electron chi connectivity index (χ3n) is 2.61. The van der Waals surface area contributed by atoms with Crippen LogP contribution in [0.25, 0.3) is 0 Å². The number of nitrogens with zero attached hydrogens (tertiary/aromatic N) is 2. The maximum Gasteiger partial charge on any atom is 0.158 e. The van der Waals surface area contributed by atoms with Crippen LogP contribution in [0.2, 0.25) is 0 Å². The summed E-state index contributed by atoms with van der Waals surface area (Å²) in [5, 5.41) is 7.04. The summed E-state index contributed by atoms with van der Waals surface area (Å²) < 4.78 is 23.5. The first-order chi connectivity index (χ1) is 7.09. The number of nitrogens with two attached hydrogens (primary N) is 1. The van der Waals surface area contributed by atoms with Crippen molar-refractivity contribution in [3.8, 4) is 0 Å². The second-order valence-electron chi connectivity index (χ2n) is 3.73. The summed E-state index contributed by atoms with van der Waals surface area (Å²) >= 11 is 0. The summed E-state index contributed by atoms with van der Waals surface area (Å²) in [7, 11) is -3.03. The molecule has 1 fully saturated rings. The molecule has 82 valence electrons. The highest BCUT2D eigenvalue weighted by Gasteiger charge is 2.31. The zero-order valence-corrected chi connectivity index (χ0v) is 9.07. The summed E-state index contributed by atoms with van der Waals surface area (Å²) in [6.07, 6.45) is 2.32. The maximum absolute atomic E-state index is 11.8. The standard InChI is InChI=1S/C9H13N3O2S/c10-9-5-4-7(11-12-9)8-3-1-2-6-15(8,13)14/h4-5,8H,1-3,6H2,(H2,10,12). The smallest absolute Gasteiger partial charge is 0.158 e. The van der Waals surface area contributed by atoms with Gasteiger partial charge in [-0.1, -0.05) is 6.42 Å². The summed E-state index contributed by atoms with van der Waals surface area (Å²) in [5.41, 5.74) is 5.92. The number of nitrogen functional groups attached to an aromatic ring is 1. The van der Waals surface area contributed by atoms with Gasteiger partial charge in [0.2, 0.25) is 0 Å². The van der Waals surface area contributed by atoms with Crippen molar-refractivity contribution in [2.45, 2.75) is 24.5 Å². The minimum atomic E-state index is -3.03. The average molecular weight is 227 g/mol. The fourth-order valence-corrected chi connectivity index (χ4v) is 3.72. The quantitative estimate of drug-likeness (QED) is 0.763. The molecule has 1 atom stereocenters. The van der Waals surface area contributed by atoms with Gasteiger partial charge < -0.3 is 5.73 Å². The van der Waals surface area contributed by atoms with E-state index in [-0.39, 0.29) is 5.75 Å². The third-order valence-corrected chi connectivity index (χ3v) is 4.82. The zero-order valence-electron chi connectivity index (χ0n) is 8.26. The molecule has 5 nitrogen and oxygen atoms in total. The number of hydrogen-bond acceptors (Lipinski definition) is 5. The Hall–Kier alpha value is -1.17. The predicted molar refractivity (Wildman–Crippen MR) is 56.8 cm³/mol. The SMILES string of the molecule is Nc1ccc(C2CCCCS2(=O)=O)nn1. The van der Waals surface area contributed by atoms with Gasteiger partial charge in [0, 0.05) is 0 Å². The van der Waals surface area contributed by atoms with Crippen LogP contribution < -0.4 is 5.73 Å². The van der Waals surface area contributed by atoms with Crippen molar-refractivity contribution in [3.05, 3.63) is 17.8 Å². The minimum Gasteiger partial charge on any atom is -0.382 e. The normalized spacial score (nSPS) is 24.9. The Kier molecular flexibility index (Phi) is 2.60. The Morgan fingerprint density at radius 1 is 1.27 bits per heavy atom. The summed E-state index contributed by atoms with van der Waals surface area (Å²) in [6.45, 7) is 0. The maximum atomic E-state index is 11.8. The monoisotopic (exact) mass is 227 g/mol. The Morgan fingerprint density at radius 2 is 2.07 bits per heavy atom. The van der Waals surface area contributed by atoms with E-state index < -0.39 is 15.1 Å². The van der Waals surface area contributed by atoms with Crippen LogP contribution >= 0.6 is 0 Å². The van der Waals surface area contributed by atoms with Crippen LogP contribution in [0.5, 0.6) is 0 Å². The second-order valence-corrected chi connectivity index (χ2v) is 6.04. The molecule has 0 aliphatic carbocycles. The van der Waals surface area contributed by atoms with Crippen molar-refractivity contribution in [3.63, 3.8) is 0 Å². The fraction of sp³-hybridized carbons (Fsp3) is 0.556. The first-order valence-electron chi connectivity index (χ1n) is 4.90. The van der Waals surface area contributed by atoms with Crippen molar-refractivity contribution in [1.29, 1.82) is 0 Å². The topological polar surface area (TPSA) is 85.9 Å². The van der Waals surface area contributed by atoms with Gasteiger partial charge in [-0.05, 0) is 25.0 Å². The summed E-state index contributed by atoms with van der Waals surface area (Å²) in [6, 6.07) is 3.24. The molecule has 1 aromatic rings. The first kappa shape index (κ1) is 10.4. The van der Waals surface area contributed by atoms with Crippen LogP contribution in [0, 0.1) is 0 Å². The predicted octanol–water partition coefficient (Wildman–Crippen LogP) is 0.699. The second kappa shape index (κ2) is 3.77. The molecule has 6 heteroatoms. The number of aromatic nitrogens is 2. The van der Waals surface area contributed by atoms with Gasteiger partial charge >= 0.3 is 0 Å². The molecule has 1 aliphatic rings. The van der Waals surface area contributed by atoms with Crippen LogP contribution in [0.4, 0.5) is 5.82 Å². The van der Waals surface area contributed by atoms with E-state index in [2.05, 4.69) is 10.2 Å². The van der Waals surface area contributed by atoms with Crippen LogP contribution in [0.1, 0.15) is 30.2 Å². The lowest BCUT2D eigenvalue weighted by atomic mass is 10.1. The minimum absolute atomic E-state index is 0.254. The highest BCUT2D eigenvalue weighted by atomic mass is 32.2. The molecule has 1 saturated heterocycles. The van der Waals surface area contributed by atoms with E-state index in [4.69, 9.17) is 5.73 Å². The highest BCUT2D eigenvalue weighted by Crippen LogP contribution is 2.31. The van der Waals surface area contributed by atoms with Gasteiger partial charge in [-0.2, -0.15) is 5.10 Å². The van der Waals surface area contributed by atoms with E-state index in [1.807, 2.05) is 0 Å². The first-order valence-corrected chi connectivity index (χ1v) is 6.62. The molecule has 15 heavy (non-hydrogen) atoms. The van der Waals surface area contributed by atoms with Crippen molar-refractivity contribution < 1.29 is 8.42 Å². The van der Waals surface area contributed by atoms with E-state index in [9.17, 15) is 8.42 Å². The fourth-order valence-electron chi connectivity index (χ4n) is 1.81. The van der Waals surface area contributed by atoms with Gasteiger partial charge in [0.1, 0.15) is 11.1 Å². The van der Waals surface area contributed by atoms with Gasteiger partial charge in [0.15, 0.2) is 9.84 Å². The van der Waals surface area contributed by atoms with E-state index in [1.54, 1.807) is 12.1 Å². The molecule has 1 aliphatic heterocycles. The van der Waals surface area contributed by atoms with Crippen LogP contribution in [-0.2, 0) is 9.84 Å². The van der Waals surface area contributed by atoms with Crippen molar-refractivity contribution in [2.75, 3.05) is 11.5 Å². The lowest BCUT2D eigenvalue weighted by Gasteiger charge is -2.21. The largest absolute Gasteiger partial charge is 0.382 e. The van der Waals surface area contributed by atoms with E-state index >= 15 is 0 Å². The molecular weight excluding hydrogens is 214 g/mol. The lowest BCUT2D eigenvalue weighted by molar-refractivity contribution is 0.541. The molecule has 0 aromatic carbocycles. The molecule has 0 bridgehead atoms. The van der Waals surface area contributed by atoms with Crippen LogP contribution in [0.15, 0.2) is 12.1 Å². The molecule has 2 rings (SSSR count). The van der Waals surface area contributed by atoms with Gasteiger partial charge in [-0.25, -0.2) is 8.42 Å². The summed E-state index contributed by atoms with van der Waals surface area (Å²) in [5.74, 6) is 0.566. The zero-order chi connectivity index (χ0) is 10.9. The average Bonchev–Trinajstić information content (AvgIpc) is 2.19. The molecule has 0 radical (unpaired) electrons. The van der Waals surface area contributed by atoms with E-state index in [0.29, 0.717) is 17.9 Å². The molecule has 2 heterocycles. The Morgan fingerprint density at radius 3 is 2.67 bits per heavy atom. The van der Waals surface area contributed by atoms with Crippen molar-refractivity contribution in [2.24, 2.45) is 0 Å². The van der Waals surface area contributed by atoms with Gasteiger partial charge in [0.25, 0.3) is 0 Å². The molecule has 1 aromatic heterocycles. The molecule has 1 unspecified atom stereocenters. The Bertz CT molecular complexity index is 441. The number of hydrogen-bond donors (Lipinski definition) is 1. The Balaban J connectivity index is 2.33. The highest BCUT2D eigenvalue weighted by molar-refractivity contribution is 7.91. The number of rotatable bonds is 1.